The lowest BCUT2D eigenvalue weighted by Gasteiger charge is -2.17. The number of nitrogens with one attached hydrogen (secondary N) is 2. The molecule has 1 amide bonds. The molecule has 2 rings (SSSR count). The third-order valence-corrected chi connectivity index (χ3v) is 3.71. The molecule has 24 heavy (non-hydrogen) atoms. The molecule has 1 unspecified atom stereocenters. The number of aryl methyl sites for hydroxylation is 1. The minimum Gasteiger partial charge on any atom is -0.492 e. The molecule has 0 spiro atoms. The summed E-state index contributed by atoms with van der Waals surface area (Å²) in [5.74, 6) is 0.587. The van der Waals surface area contributed by atoms with Crippen molar-refractivity contribution >= 4 is 17.3 Å². The Labute approximate surface area is 144 Å². The summed E-state index contributed by atoms with van der Waals surface area (Å²) in [5.41, 5.74) is 2.94. The molecule has 2 aromatic rings. The summed E-state index contributed by atoms with van der Waals surface area (Å²) >= 11 is 0. The zero-order chi connectivity index (χ0) is 17.4. The first-order chi connectivity index (χ1) is 11.6. The average Bonchev–Trinajstić information content (AvgIpc) is 2.59. The maximum absolute atomic E-state index is 12.4. The molecule has 0 radical (unpaired) electrons. The normalized spacial score (nSPS) is 11.6. The molecule has 0 saturated carbocycles. The van der Waals surface area contributed by atoms with E-state index in [0.29, 0.717) is 18.0 Å². The number of para-hydroxylation sites is 2. The Kier molecular flexibility index (Phi) is 6.67. The van der Waals surface area contributed by atoms with Gasteiger partial charge in [0.05, 0.1) is 12.3 Å². The summed E-state index contributed by atoms with van der Waals surface area (Å²) in [7, 11) is 0. The van der Waals surface area contributed by atoms with Gasteiger partial charge < -0.3 is 15.4 Å². The Hall–Kier alpha value is -2.49. The number of anilines is 2. The number of hydrogen-bond donors (Lipinski definition) is 2. The van der Waals surface area contributed by atoms with Crippen LogP contribution in [-0.2, 0) is 11.2 Å². The number of amides is 1. The number of hydrogen-bond acceptors (Lipinski definition) is 3. The molecule has 1 atom stereocenters. The Bertz CT molecular complexity index is 653. The first-order valence-corrected chi connectivity index (χ1v) is 8.52. The number of carbonyl (C=O) groups excluding carboxylic acids is 1. The zero-order valence-electron chi connectivity index (χ0n) is 14.6. The molecule has 2 aromatic carbocycles. The predicted molar refractivity (Wildman–Crippen MR) is 99.8 cm³/mol. The summed E-state index contributed by atoms with van der Waals surface area (Å²) in [5, 5.41) is 6.15. The summed E-state index contributed by atoms with van der Waals surface area (Å²) < 4.78 is 5.54. The molecule has 0 aliphatic rings. The maximum atomic E-state index is 12.4. The summed E-state index contributed by atoms with van der Waals surface area (Å²) in [6, 6.07) is 15.3. The first-order valence-electron chi connectivity index (χ1n) is 8.52. The lowest BCUT2D eigenvalue weighted by Crippen LogP contribution is -2.32. The minimum absolute atomic E-state index is 0.0974. The third kappa shape index (κ3) is 5.01. The predicted octanol–water partition coefficient (Wildman–Crippen LogP) is 4.48. The van der Waals surface area contributed by atoms with Crippen molar-refractivity contribution in [2.24, 2.45) is 0 Å². The van der Waals surface area contributed by atoms with Crippen LogP contribution in [0.1, 0.15) is 32.8 Å². The minimum atomic E-state index is -0.350. The van der Waals surface area contributed by atoms with Crippen molar-refractivity contribution < 1.29 is 9.53 Å². The van der Waals surface area contributed by atoms with Gasteiger partial charge in [0, 0.05) is 5.69 Å². The van der Waals surface area contributed by atoms with Crippen molar-refractivity contribution in [2.75, 3.05) is 17.2 Å². The molecule has 0 aliphatic carbocycles. The second-order valence-corrected chi connectivity index (χ2v) is 5.73. The molecule has 0 aromatic heterocycles. The molecule has 128 valence electrons. The molecule has 0 bridgehead atoms. The van der Waals surface area contributed by atoms with Gasteiger partial charge in [0.15, 0.2) is 0 Å². The van der Waals surface area contributed by atoms with E-state index in [-0.39, 0.29) is 11.9 Å². The number of benzene rings is 2. The topological polar surface area (TPSA) is 50.4 Å². The Balaban J connectivity index is 1.97. The highest BCUT2D eigenvalue weighted by atomic mass is 16.5. The van der Waals surface area contributed by atoms with Crippen LogP contribution in [0.3, 0.4) is 0 Å². The summed E-state index contributed by atoms with van der Waals surface area (Å²) in [4.78, 5) is 12.4. The smallest absolute Gasteiger partial charge is 0.246 e. The highest BCUT2D eigenvalue weighted by Crippen LogP contribution is 2.24. The van der Waals surface area contributed by atoms with E-state index in [4.69, 9.17) is 4.74 Å². The summed E-state index contributed by atoms with van der Waals surface area (Å²) in [6.45, 7) is 6.49. The van der Waals surface area contributed by atoms with E-state index >= 15 is 0 Å². The van der Waals surface area contributed by atoms with Gasteiger partial charge >= 0.3 is 0 Å². The van der Waals surface area contributed by atoms with E-state index in [0.717, 1.165) is 18.5 Å². The SMILES string of the molecule is CCCc1ccc(NC(C)C(=O)Nc2ccccc2OCC)cc1. The van der Waals surface area contributed by atoms with Gasteiger partial charge in [-0.25, -0.2) is 0 Å². The number of rotatable bonds is 8. The van der Waals surface area contributed by atoms with Crippen LogP contribution in [0.15, 0.2) is 48.5 Å². The number of ether oxygens (including phenoxy) is 1. The van der Waals surface area contributed by atoms with Gasteiger partial charge in [-0.2, -0.15) is 0 Å². The second-order valence-electron chi connectivity index (χ2n) is 5.73. The highest BCUT2D eigenvalue weighted by molar-refractivity contribution is 5.97. The standard InChI is InChI=1S/C20H26N2O2/c1-4-8-16-11-13-17(14-12-16)21-15(3)20(23)22-18-9-6-7-10-19(18)24-5-2/h6-7,9-15,21H,4-5,8H2,1-3H3,(H,22,23). The van der Waals surface area contributed by atoms with Crippen LogP contribution in [0.25, 0.3) is 0 Å². The van der Waals surface area contributed by atoms with Crippen LogP contribution in [0.4, 0.5) is 11.4 Å². The lowest BCUT2D eigenvalue weighted by atomic mass is 10.1. The van der Waals surface area contributed by atoms with Crippen LogP contribution in [0.5, 0.6) is 5.75 Å². The molecule has 2 N–H and O–H groups in total. The third-order valence-electron chi connectivity index (χ3n) is 3.71. The van der Waals surface area contributed by atoms with Gasteiger partial charge in [-0.1, -0.05) is 37.6 Å². The van der Waals surface area contributed by atoms with Gasteiger partial charge in [0.2, 0.25) is 5.91 Å². The van der Waals surface area contributed by atoms with Crippen LogP contribution < -0.4 is 15.4 Å². The van der Waals surface area contributed by atoms with E-state index < -0.39 is 0 Å². The van der Waals surface area contributed by atoms with E-state index in [2.05, 4.69) is 29.7 Å². The molecule has 4 heteroatoms. The monoisotopic (exact) mass is 326 g/mol. The van der Waals surface area contributed by atoms with Crippen molar-refractivity contribution in [1.29, 1.82) is 0 Å². The molecule has 0 saturated heterocycles. The van der Waals surface area contributed by atoms with E-state index in [1.165, 1.54) is 5.56 Å². The fraction of sp³-hybridized carbons (Fsp3) is 0.350. The van der Waals surface area contributed by atoms with Crippen molar-refractivity contribution in [2.45, 2.75) is 39.7 Å². The lowest BCUT2D eigenvalue weighted by molar-refractivity contribution is -0.116. The highest BCUT2D eigenvalue weighted by Gasteiger charge is 2.14. The van der Waals surface area contributed by atoms with Crippen LogP contribution in [-0.4, -0.2) is 18.6 Å². The Morgan fingerprint density at radius 3 is 2.46 bits per heavy atom. The fourth-order valence-electron chi connectivity index (χ4n) is 2.46. The van der Waals surface area contributed by atoms with E-state index in [9.17, 15) is 4.79 Å². The Morgan fingerprint density at radius 1 is 1.08 bits per heavy atom. The van der Waals surface area contributed by atoms with Crippen LogP contribution in [0.2, 0.25) is 0 Å². The zero-order valence-corrected chi connectivity index (χ0v) is 14.6. The van der Waals surface area contributed by atoms with Gasteiger partial charge in [-0.15, -0.1) is 0 Å². The quantitative estimate of drug-likeness (QED) is 0.752. The Morgan fingerprint density at radius 2 is 1.79 bits per heavy atom. The molecule has 4 nitrogen and oxygen atoms in total. The molecular weight excluding hydrogens is 300 g/mol. The van der Waals surface area contributed by atoms with Gasteiger partial charge in [0.1, 0.15) is 11.8 Å². The van der Waals surface area contributed by atoms with Gasteiger partial charge in [-0.3, -0.25) is 4.79 Å². The molecular formula is C20H26N2O2. The molecule has 0 heterocycles. The molecule has 0 fully saturated rings. The van der Waals surface area contributed by atoms with Crippen molar-refractivity contribution in [1.82, 2.24) is 0 Å². The van der Waals surface area contributed by atoms with E-state index in [1.807, 2.05) is 50.2 Å². The summed E-state index contributed by atoms with van der Waals surface area (Å²) in [6.07, 6.45) is 2.20. The van der Waals surface area contributed by atoms with E-state index in [1.54, 1.807) is 0 Å². The molecule has 0 aliphatic heterocycles. The second kappa shape index (κ2) is 8.96. The van der Waals surface area contributed by atoms with Crippen molar-refractivity contribution in [3.63, 3.8) is 0 Å². The van der Waals surface area contributed by atoms with Gasteiger partial charge in [0.25, 0.3) is 0 Å². The maximum Gasteiger partial charge on any atom is 0.246 e. The van der Waals surface area contributed by atoms with Crippen molar-refractivity contribution in [3.05, 3.63) is 54.1 Å². The van der Waals surface area contributed by atoms with Crippen LogP contribution >= 0.6 is 0 Å². The first kappa shape index (κ1) is 17.9. The fourth-order valence-corrected chi connectivity index (χ4v) is 2.46. The van der Waals surface area contributed by atoms with Crippen molar-refractivity contribution in [3.8, 4) is 5.75 Å². The largest absolute Gasteiger partial charge is 0.492 e. The number of carbonyl (C=O) groups is 1. The van der Waals surface area contributed by atoms with Crippen LogP contribution in [0, 0.1) is 0 Å². The average molecular weight is 326 g/mol. The van der Waals surface area contributed by atoms with Gasteiger partial charge in [-0.05, 0) is 50.1 Å².